The van der Waals surface area contributed by atoms with E-state index in [4.69, 9.17) is 0 Å². The second-order valence-corrected chi connectivity index (χ2v) is 8.33. The Morgan fingerprint density at radius 2 is 1.57 bits per heavy atom. The summed E-state index contributed by atoms with van der Waals surface area (Å²) in [5.41, 5.74) is 2.79. The van der Waals surface area contributed by atoms with E-state index in [1.165, 1.54) is 0 Å². The standard InChI is InChI=1S/C24H32N2O2/c1-6-21(23(28)25-24(3,4)5)26(17-20-10-8-7-9-11-20)22(27)16-19-14-12-18(2)13-15-19/h7-15,21H,6,16-17H2,1-5H3,(H,25,28)/t21-/m0/s1. The fourth-order valence-corrected chi connectivity index (χ4v) is 3.13. The summed E-state index contributed by atoms with van der Waals surface area (Å²) in [6.07, 6.45) is 0.848. The van der Waals surface area contributed by atoms with Crippen molar-refractivity contribution in [1.82, 2.24) is 10.2 Å². The van der Waals surface area contributed by atoms with Crippen LogP contribution in [0.2, 0.25) is 0 Å². The monoisotopic (exact) mass is 380 g/mol. The van der Waals surface area contributed by atoms with Gasteiger partial charge in [-0.05, 0) is 45.2 Å². The molecule has 0 aliphatic rings. The molecule has 2 amide bonds. The Bertz CT molecular complexity index is 777. The first-order chi connectivity index (χ1) is 13.2. The van der Waals surface area contributed by atoms with E-state index in [-0.39, 0.29) is 23.8 Å². The van der Waals surface area contributed by atoms with Gasteiger partial charge in [-0.3, -0.25) is 9.59 Å². The number of rotatable bonds is 7. The topological polar surface area (TPSA) is 49.4 Å². The predicted molar refractivity (Wildman–Crippen MR) is 114 cm³/mol. The summed E-state index contributed by atoms with van der Waals surface area (Å²) in [7, 11) is 0. The van der Waals surface area contributed by atoms with Gasteiger partial charge in [-0.15, -0.1) is 0 Å². The molecule has 1 atom stereocenters. The molecule has 4 nitrogen and oxygen atoms in total. The predicted octanol–water partition coefficient (Wildman–Crippen LogP) is 4.26. The lowest BCUT2D eigenvalue weighted by atomic mass is 10.0. The first kappa shape index (κ1) is 21.7. The molecule has 150 valence electrons. The maximum Gasteiger partial charge on any atom is 0.243 e. The highest BCUT2D eigenvalue weighted by molar-refractivity contribution is 5.88. The largest absolute Gasteiger partial charge is 0.350 e. The molecule has 0 heterocycles. The van der Waals surface area contributed by atoms with E-state index in [9.17, 15) is 9.59 Å². The minimum Gasteiger partial charge on any atom is -0.350 e. The summed E-state index contributed by atoms with van der Waals surface area (Å²) in [5.74, 6) is -0.146. The first-order valence-electron chi connectivity index (χ1n) is 9.90. The Labute approximate surface area is 169 Å². The average Bonchev–Trinajstić information content (AvgIpc) is 2.63. The second-order valence-electron chi connectivity index (χ2n) is 8.33. The maximum absolute atomic E-state index is 13.2. The molecule has 0 aromatic heterocycles. The van der Waals surface area contributed by atoms with Crippen LogP contribution in [-0.4, -0.2) is 28.3 Å². The van der Waals surface area contributed by atoms with Crippen LogP contribution in [-0.2, 0) is 22.6 Å². The third kappa shape index (κ3) is 6.52. The van der Waals surface area contributed by atoms with E-state index in [1.54, 1.807) is 4.90 Å². The van der Waals surface area contributed by atoms with Crippen LogP contribution in [0.3, 0.4) is 0 Å². The zero-order valence-corrected chi connectivity index (χ0v) is 17.7. The van der Waals surface area contributed by atoms with Gasteiger partial charge in [0.25, 0.3) is 0 Å². The summed E-state index contributed by atoms with van der Waals surface area (Å²) in [5, 5.41) is 3.03. The number of aryl methyl sites for hydroxylation is 1. The van der Waals surface area contributed by atoms with Gasteiger partial charge in [0.05, 0.1) is 6.42 Å². The molecule has 2 aromatic rings. The number of hydrogen-bond acceptors (Lipinski definition) is 2. The summed E-state index contributed by atoms with van der Waals surface area (Å²) in [6, 6.07) is 17.3. The van der Waals surface area contributed by atoms with Crippen molar-refractivity contribution in [3.63, 3.8) is 0 Å². The highest BCUT2D eigenvalue weighted by atomic mass is 16.2. The molecule has 0 saturated heterocycles. The van der Waals surface area contributed by atoms with Crippen molar-refractivity contribution in [3.05, 3.63) is 71.3 Å². The SMILES string of the molecule is CC[C@@H](C(=O)NC(C)(C)C)N(Cc1ccccc1)C(=O)Cc1ccc(C)cc1. The van der Waals surface area contributed by atoms with Crippen LogP contribution in [0.4, 0.5) is 0 Å². The fraction of sp³-hybridized carbons (Fsp3) is 0.417. The van der Waals surface area contributed by atoms with E-state index in [2.05, 4.69) is 5.32 Å². The fourth-order valence-electron chi connectivity index (χ4n) is 3.13. The molecule has 0 spiro atoms. The minimum absolute atomic E-state index is 0.0383. The average molecular weight is 381 g/mol. The Morgan fingerprint density at radius 1 is 0.964 bits per heavy atom. The van der Waals surface area contributed by atoms with Crippen molar-refractivity contribution in [3.8, 4) is 0 Å². The number of carbonyl (C=O) groups is 2. The van der Waals surface area contributed by atoms with Crippen LogP contribution in [0.15, 0.2) is 54.6 Å². The molecule has 0 bridgehead atoms. The lowest BCUT2D eigenvalue weighted by molar-refractivity contribution is -0.141. The van der Waals surface area contributed by atoms with Crippen LogP contribution in [0.1, 0.15) is 50.8 Å². The minimum atomic E-state index is -0.502. The Balaban J connectivity index is 2.27. The third-order valence-electron chi connectivity index (χ3n) is 4.56. The molecule has 1 N–H and O–H groups in total. The lowest BCUT2D eigenvalue weighted by Crippen LogP contribution is -2.53. The molecule has 0 aliphatic heterocycles. The Morgan fingerprint density at radius 3 is 2.11 bits per heavy atom. The normalized spacial score (nSPS) is 12.3. The molecule has 0 saturated carbocycles. The van der Waals surface area contributed by atoms with E-state index in [1.807, 2.05) is 89.2 Å². The number of benzene rings is 2. The molecule has 0 fully saturated rings. The number of hydrogen-bond donors (Lipinski definition) is 1. The van der Waals surface area contributed by atoms with E-state index < -0.39 is 6.04 Å². The van der Waals surface area contributed by atoms with Gasteiger partial charge in [0, 0.05) is 12.1 Å². The van der Waals surface area contributed by atoms with E-state index in [0.717, 1.165) is 16.7 Å². The summed E-state index contributed by atoms with van der Waals surface area (Å²) in [6.45, 7) is 10.2. The molecule has 0 unspecified atom stereocenters. The van der Waals surface area contributed by atoms with Gasteiger partial charge in [0.2, 0.25) is 11.8 Å². The van der Waals surface area contributed by atoms with Crippen molar-refractivity contribution < 1.29 is 9.59 Å². The third-order valence-corrected chi connectivity index (χ3v) is 4.56. The number of carbonyl (C=O) groups excluding carboxylic acids is 2. The van der Waals surface area contributed by atoms with Crippen molar-refractivity contribution >= 4 is 11.8 Å². The second kappa shape index (κ2) is 9.54. The van der Waals surface area contributed by atoms with Gasteiger partial charge in [-0.1, -0.05) is 67.1 Å². The Kier molecular flexibility index (Phi) is 7.38. The first-order valence-corrected chi connectivity index (χ1v) is 9.90. The van der Waals surface area contributed by atoms with Crippen LogP contribution in [0.25, 0.3) is 0 Å². The van der Waals surface area contributed by atoms with Crippen molar-refractivity contribution in [2.45, 2.75) is 65.6 Å². The molecular weight excluding hydrogens is 348 g/mol. The van der Waals surface area contributed by atoms with Crippen LogP contribution in [0.5, 0.6) is 0 Å². The van der Waals surface area contributed by atoms with Crippen LogP contribution in [0, 0.1) is 6.92 Å². The smallest absolute Gasteiger partial charge is 0.243 e. The van der Waals surface area contributed by atoms with Crippen LogP contribution >= 0.6 is 0 Å². The highest BCUT2D eigenvalue weighted by Gasteiger charge is 2.30. The maximum atomic E-state index is 13.2. The molecule has 2 rings (SSSR count). The Hall–Kier alpha value is -2.62. The number of nitrogens with zero attached hydrogens (tertiary/aromatic N) is 1. The van der Waals surface area contributed by atoms with E-state index in [0.29, 0.717) is 13.0 Å². The number of amides is 2. The van der Waals surface area contributed by atoms with Gasteiger partial charge >= 0.3 is 0 Å². The number of nitrogens with one attached hydrogen (secondary N) is 1. The van der Waals surface area contributed by atoms with Gasteiger partial charge in [-0.25, -0.2) is 0 Å². The zero-order valence-electron chi connectivity index (χ0n) is 17.7. The van der Waals surface area contributed by atoms with Gasteiger partial charge < -0.3 is 10.2 Å². The van der Waals surface area contributed by atoms with Gasteiger partial charge in [0.1, 0.15) is 6.04 Å². The van der Waals surface area contributed by atoms with Crippen molar-refractivity contribution in [2.75, 3.05) is 0 Å². The lowest BCUT2D eigenvalue weighted by Gasteiger charge is -2.33. The van der Waals surface area contributed by atoms with Gasteiger partial charge in [0.15, 0.2) is 0 Å². The van der Waals surface area contributed by atoms with Gasteiger partial charge in [-0.2, -0.15) is 0 Å². The molecular formula is C24H32N2O2. The summed E-state index contributed by atoms with van der Waals surface area (Å²) < 4.78 is 0. The molecule has 28 heavy (non-hydrogen) atoms. The summed E-state index contributed by atoms with van der Waals surface area (Å²) in [4.78, 5) is 27.9. The summed E-state index contributed by atoms with van der Waals surface area (Å²) >= 11 is 0. The van der Waals surface area contributed by atoms with Crippen LogP contribution < -0.4 is 5.32 Å². The molecule has 0 radical (unpaired) electrons. The van der Waals surface area contributed by atoms with Crippen molar-refractivity contribution in [1.29, 1.82) is 0 Å². The van der Waals surface area contributed by atoms with E-state index >= 15 is 0 Å². The van der Waals surface area contributed by atoms with Crippen molar-refractivity contribution in [2.24, 2.45) is 0 Å². The zero-order chi connectivity index (χ0) is 20.7. The molecule has 0 aliphatic carbocycles. The molecule has 2 aromatic carbocycles. The highest BCUT2D eigenvalue weighted by Crippen LogP contribution is 2.16. The molecule has 4 heteroatoms. The quantitative estimate of drug-likeness (QED) is 0.780.